The minimum absolute atomic E-state index is 0.255. The van der Waals surface area contributed by atoms with Crippen LogP contribution in [0.5, 0.6) is 0 Å². The van der Waals surface area contributed by atoms with Gasteiger partial charge in [0.1, 0.15) is 5.78 Å². The Labute approximate surface area is 129 Å². The second-order valence-electron chi connectivity index (χ2n) is 6.78. The fourth-order valence-corrected chi connectivity index (χ4v) is 3.61. The van der Waals surface area contributed by atoms with Crippen LogP contribution in [0.2, 0.25) is 0 Å². The zero-order valence-corrected chi connectivity index (χ0v) is 13.8. The summed E-state index contributed by atoms with van der Waals surface area (Å²) in [5.41, 5.74) is 2.64. The van der Waals surface area contributed by atoms with Crippen LogP contribution < -0.4 is 0 Å². The van der Waals surface area contributed by atoms with E-state index in [2.05, 4.69) is 50.1 Å². The molecule has 0 aliphatic heterocycles. The van der Waals surface area contributed by atoms with Crippen LogP contribution in [0, 0.1) is 18.8 Å². The number of hydrogen-bond acceptors (Lipinski definition) is 2. The molecule has 0 aromatic heterocycles. The third kappa shape index (κ3) is 4.96. The molecule has 2 nitrogen and oxygen atoms in total. The lowest BCUT2D eigenvalue weighted by molar-refractivity contribution is -0.126. The van der Waals surface area contributed by atoms with Crippen molar-refractivity contribution in [2.45, 2.75) is 52.5 Å². The summed E-state index contributed by atoms with van der Waals surface area (Å²) in [6, 6.07) is 8.65. The highest BCUT2D eigenvalue weighted by Gasteiger charge is 2.28. The number of aryl methyl sites for hydroxylation is 1. The summed E-state index contributed by atoms with van der Waals surface area (Å²) in [6.45, 7) is 6.22. The number of carbonyl (C=O) groups is 1. The molecule has 1 aromatic carbocycles. The van der Waals surface area contributed by atoms with Gasteiger partial charge in [0, 0.05) is 25.4 Å². The summed E-state index contributed by atoms with van der Waals surface area (Å²) < 4.78 is 0. The third-order valence-corrected chi connectivity index (χ3v) is 4.64. The first-order chi connectivity index (χ1) is 10.1. The maximum atomic E-state index is 12.2. The van der Waals surface area contributed by atoms with Crippen LogP contribution in [0.15, 0.2) is 24.3 Å². The molecule has 2 heteroatoms. The molecular formula is C19H29NO. The van der Waals surface area contributed by atoms with Gasteiger partial charge in [-0.05, 0) is 38.3 Å². The monoisotopic (exact) mass is 287 g/mol. The van der Waals surface area contributed by atoms with E-state index < -0.39 is 0 Å². The molecule has 0 radical (unpaired) electrons. The Morgan fingerprint density at radius 2 is 2.14 bits per heavy atom. The summed E-state index contributed by atoms with van der Waals surface area (Å²) in [7, 11) is 2.14. The topological polar surface area (TPSA) is 20.3 Å². The minimum Gasteiger partial charge on any atom is -0.301 e. The second kappa shape index (κ2) is 7.74. The van der Waals surface area contributed by atoms with E-state index in [0.29, 0.717) is 5.78 Å². The van der Waals surface area contributed by atoms with E-state index in [0.717, 1.165) is 38.3 Å². The zero-order chi connectivity index (χ0) is 15.2. The molecule has 0 amide bonds. The van der Waals surface area contributed by atoms with Crippen LogP contribution in [-0.2, 0) is 11.3 Å². The standard InChI is InChI=1S/C19H29NO/c1-4-6-16-9-10-19(21)18(12-16)14-20(3)13-17-8-5-7-15(2)11-17/h5,7-8,11,16,18H,4,6,9-10,12-14H2,1-3H3. The summed E-state index contributed by atoms with van der Waals surface area (Å²) >= 11 is 0. The van der Waals surface area contributed by atoms with Crippen molar-refractivity contribution in [3.8, 4) is 0 Å². The van der Waals surface area contributed by atoms with Crippen LogP contribution >= 0.6 is 0 Å². The summed E-state index contributed by atoms with van der Waals surface area (Å²) in [4.78, 5) is 14.5. The Hall–Kier alpha value is -1.15. The lowest BCUT2D eigenvalue weighted by Crippen LogP contribution is -2.34. The van der Waals surface area contributed by atoms with Crippen LogP contribution in [-0.4, -0.2) is 24.3 Å². The average molecular weight is 287 g/mol. The van der Waals surface area contributed by atoms with Gasteiger partial charge in [-0.2, -0.15) is 0 Å². The van der Waals surface area contributed by atoms with Gasteiger partial charge >= 0.3 is 0 Å². The van der Waals surface area contributed by atoms with Crippen molar-refractivity contribution < 1.29 is 4.79 Å². The second-order valence-corrected chi connectivity index (χ2v) is 6.78. The van der Waals surface area contributed by atoms with Crippen molar-refractivity contribution in [2.24, 2.45) is 11.8 Å². The lowest BCUT2D eigenvalue weighted by Gasteiger charge is -2.31. The molecule has 2 rings (SSSR count). The molecular weight excluding hydrogens is 258 g/mol. The highest BCUT2D eigenvalue weighted by atomic mass is 16.1. The Morgan fingerprint density at radius 1 is 1.33 bits per heavy atom. The fraction of sp³-hybridized carbons (Fsp3) is 0.632. The summed E-state index contributed by atoms with van der Waals surface area (Å²) in [6.07, 6.45) is 5.54. The van der Waals surface area contributed by atoms with Gasteiger partial charge in [-0.25, -0.2) is 0 Å². The van der Waals surface area contributed by atoms with E-state index in [1.165, 1.54) is 24.0 Å². The molecule has 1 fully saturated rings. The predicted octanol–water partition coefficient (Wildman–Crippen LogP) is 4.21. The number of rotatable bonds is 6. The smallest absolute Gasteiger partial charge is 0.137 e. The molecule has 2 unspecified atom stereocenters. The van der Waals surface area contributed by atoms with Crippen LogP contribution in [0.25, 0.3) is 0 Å². The summed E-state index contributed by atoms with van der Waals surface area (Å²) in [5.74, 6) is 1.51. The normalized spacial score (nSPS) is 22.8. The maximum absolute atomic E-state index is 12.2. The van der Waals surface area contributed by atoms with Crippen molar-refractivity contribution >= 4 is 5.78 Å². The first kappa shape index (κ1) is 16.2. The first-order valence-electron chi connectivity index (χ1n) is 8.35. The molecule has 0 spiro atoms. The molecule has 116 valence electrons. The zero-order valence-electron chi connectivity index (χ0n) is 13.8. The fourth-order valence-electron chi connectivity index (χ4n) is 3.61. The Balaban J connectivity index is 1.88. The number of hydrogen-bond donors (Lipinski definition) is 0. The molecule has 1 aliphatic carbocycles. The molecule has 0 bridgehead atoms. The molecule has 2 atom stereocenters. The molecule has 1 aliphatic rings. The van der Waals surface area contributed by atoms with Crippen molar-refractivity contribution in [1.82, 2.24) is 4.90 Å². The Kier molecular flexibility index (Phi) is 5.98. The van der Waals surface area contributed by atoms with Crippen LogP contribution in [0.1, 0.15) is 50.2 Å². The SMILES string of the molecule is CCCC1CCC(=O)C(CN(C)Cc2cccc(C)c2)C1. The van der Waals surface area contributed by atoms with E-state index in [-0.39, 0.29) is 5.92 Å². The number of ketones is 1. The quantitative estimate of drug-likeness (QED) is 0.781. The number of Topliss-reactive ketones (excluding diaryl/α,β-unsaturated/α-hetero) is 1. The highest BCUT2D eigenvalue weighted by molar-refractivity contribution is 5.81. The van der Waals surface area contributed by atoms with Crippen molar-refractivity contribution in [2.75, 3.05) is 13.6 Å². The Morgan fingerprint density at radius 3 is 2.86 bits per heavy atom. The van der Waals surface area contributed by atoms with Gasteiger partial charge in [0.2, 0.25) is 0 Å². The average Bonchev–Trinajstić information content (AvgIpc) is 2.43. The van der Waals surface area contributed by atoms with Gasteiger partial charge in [-0.15, -0.1) is 0 Å². The van der Waals surface area contributed by atoms with Gasteiger partial charge in [0.15, 0.2) is 0 Å². The van der Waals surface area contributed by atoms with Crippen molar-refractivity contribution in [1.29, 1.82) is 0 Å². The van der Waals surface area contributed by atoms with Crippen LogP contribution in [0.3, 0.4) is 0 Å². The van der Waals surface area contributed by atoms with Gasteiger partial charge in [-0.3, -0.25) is 4.79 Å². The largest absolute Gasteiger partial charge is 0.301 e. The molecule has 1 aromatic rings. The maximum Gasteiger partial charge on any atom is 0.137 e. The van der Waals surface area contributed by atoms with Gasteiger partial charge in [0.25, 0.3) is 0 Å². The van der Waals surface area contributed by atoms with E-state index in [4.69, 9.17) is 0 Å². The molecule has 0 N–H and O–H groups in total. The van der Waals surface area contributed by atoms with Crippen molar-refractivity contribution in [3.63, 3.8) is 0 Å². The van der Waals surface area contributed by atoms with E-state index >= 15 is 0 Å². The van der Waals surface area contributed by atoms with Gasteiger partial charge in [-0.1, -0.05) is 49.6 Å². The van der Waals surface area contributed by atoms with Crippen LogP contribution in [0.4, 0.5) is 0 Å². The van der Waals surface area contributed by atoms with Gasteiger partial charge in [0.05, 0.1) is 0 Å². The number of benzene rings is 1. The first-order valence-corrected chi connectivity index (χ1v) is 8.35. The third-order valence-electron chi connectivity index (χ3n) is 4.64. The van der Waals surface area contributed by atoms with Crippen molar-refractivity contribution in [3.05, 3.63) is 35.4 Å². The minimum atomic E-state index is 0.255. The molecule has 0 heterocycles. The molecule has 21 heavy (non-hydrogen) atoms. The molecule has 1 saturated carbocycles. The number of nitrogens with zero attached hydrogens (tertiary/aromatic N) is 1. The Bertz CT molecular complexity index is 468. The van der Waals surface area contributed by atoms with E-state index in [1.807, 2.05) is 0 Å². The van der Waals surface area contributed by atoms with E-state index in [9.17, 15) is 4.79 Å². The summed E-state index contributed by atoms with van der Waals surface area (Å²) in [5, 5.41) is 0. The number of carbonyl (C=O) groups excluding carboxylic acids is 1. The van der Waals surface area contributed by atoms with E-state index in [1.54, 1.807) is 0 Å². The van der Waals surface area contributed by atoms with Gasteiger partial charge < -0.3 is 4.90 Å². The lowest BCUT2D eigenvalue weighted by atomic mass is 9.78. The predicted molar refractivity (Wildman–Crippen MR) is 88.3 cm³/mol. The molecule has 0 saturated heterocycles. The highest BCUT2D eigenvalue weighted by Crippen LogP contribution is 2.30.